The smallest absolute Gasteiger partial charge is 0.147 e. The lowest BCUT2D eigenvalue weighted by Gasteiger charge is -2.27. The number of nitrogens with one attached hydrogen (secondary N) is 2. The molecule has 0 aliphatic carbocycles. The van der Waals surface area contributed by atoms with E-state index in [4.69, 9.17) is 0 Å². The molecule has 20 heavy (non-hydrogen) atoms. The van der Waals surface area contributed by atoms with Crippen molar-refractivity contribution < 1.29 is 4.39 Å². The average Bonchev–Trinajstić information content (AvgIpc) is 2.78. The lowest BCUT2D eigenvalue weighted by atomic mass is 10.1. The van der Waals surface area contributed by atoms with Gasteiger partial charge in [-0.1, -0.05) is 12.1 Å². The van der Waals surface area contributed by atoms with Gasteiger partial charge in [0.15, 0.2) is 0 Å². The van der Waals surface area contributed by atoms with E-state index in [-0.39, 0.29) is 5.82 Å². The number of para-hydroxylation sites is 1. The topological polar surface area (TPSA) is 31.1 Å². The number of hydrogen-bond acceptors (Lipinski definition) is 2. The molecule has 1 aliphatic heterocycles. The number of nitrogens with zero attached hydrogens (tertiary/aromatic N) is 1. The molecule has 0 radical (unpaired) electrons. The van der Waals surface area contributed by atoms with Crippen LogP contribution < -0.4 is 5.32 Å². The third-order valence-corrected chi connectivity index (χ3v) is 4.21. The van der Waals surface area contributed by atoms with Gasteiger partial charge in [-0.05, 0) is 37.9 Å². The van der Waals surface area contributed by atoms with Crippen molar-refractivity contribution >= 4 is 10.9 Å². The minimum absolute atomic E-state index is 0.154. The van der Waals surface area contributed by atoms with E-state index in [0.717, 1.165) is 56.6 Å². The lowest BCUT2D eigenvalue weighted by molar-refractivity contribution is 0.238. The van der Waals surface area contributed by atoms with Crippen LogP contribution in [0.5, 0.6) is 0 Å². The second-order valence-corrected chi connectivity index (χ2v) is 5.59. The molecule has 1 fully saturated rings. The van der Waals surface area contributed by atoms with Gasteiger partial charge in [0.25, 0.3) is 0 Å². The summed E-state index contributed by atoms with van der Waals surface area (Å²) in [5.41, 5.74) is 3.03. The highest BCUT2D eigenvalue weighted by atomic mass is 19.1. The number of aromatic amines is 1. The van der Waals surface area contributed by atoms with Gasteiger partial charge >= 0.3 is 0 Å². The van der Waals surface area contributed by atoms with Crippen LogP contribution in [0.3, 0.4) is 0 Å². The summed E-state index contributed by atoms with van der Waals surface area (Å²) in [6.07, 6.45) is 2.14. The molecule has 0 spiro atoms. The summed E-state index contributed by atoms with van der Waals surface area (Å²) in [4.78, 5) is 5.69. The van der Waals surface area contributed by atoms with Crippen molar-refractivity contribution in [3.63, 3.8) is 0 Å². The molecule has 0 atom stereocenters. The Labute approximate surface area is 119 Å². The van der Waals surface area contributed by atoms with Gasteiger partial charge in [-0.3, -0.25) is 0 Å². The molecule has 2 aromatic rings. The Balaban J connectivity index is 1.68. The molecule has 1 aromatic carbocycles. The predicted octanol–water partition coefficient (Wildman–Crippen LogP) is 2.45. The second-order valence-electron chi connectivity index (χ2n) is 5.59. The van der Waals surface area contributed by atoms with E-state index >= 15 is 0 Å². The number of halogens is 1. The number of benzene rings is 1. The van der Waals surface area contributed by atoms with Crippen molar-refractivity contribution in [3.05, 3.63) is 35.3 Å². The maximum absolute atomic E-state index is 13.7. The number of aromatic nitrogens is 1. The molecule has 3 nitrogen and oxygen atoms in total. The highest BCUT2D eigenvalue weighted by molar-refractivity contribution is 5.85. The minimum Gasteiger partial charge on any atom is -0.356 e. The fraction of sp³-hybridized carbons (Fsp3) is 0.500. The Bertz CT molecular complexity index is 585. The molecule has 2 heterocycles. The molecular weight excluding hydrogens is 253 g/mol. The fourth-order valence-corrected chi connectivity index (χ4v) is 3.10. The van der Waals surface area contributed by atoms with Crippen LogP contribution in [0.2, 0.25) is 0 Å². The van der Waals surface area contributed by atoms with Gasteiger partial charge in [-0.2, -0.15) is 0 Å². The SMILES string of the molecule is Cc1[nH]c2c(F)cccc2c1CCCN1CCNCC1. The average molecular weight is 275 g/mol. The van der Waals surface area contributed by atoms with E-state index in [1.807, 2.05) is 13.0 Å². The molecule has 1 aliphatic rings. The largest absolute Gasteiger partial charge is 0.356 e. The summed E-state index contributed by atoms with van der Waals surface area (Å²) in [6.45, 7) is 7.64. The molecule has 0 amide bonds. The van der Waals surface area contributed by atoms with Gasteiger partial charge in [0.2, 0.25) is 0 Å². The molecular formula is C16H22FN3. The van der Waals surface area contributed by atoms with Gasteiger partial charge in [-0.25, -0.2) is 4.39 Å². The molecule has 1 aromatic heterocycles. The molecule has 2 N–H and O–H groups in total. The molecule has 0 unspecified atom stereocenters. The van der Waals surface area contributed by atoms with E-state index in [9.17, 15) is 4.39 Å². The van der Waals surface area contributed by atoms with Crippen LogP contribution in [0.25, 0.3) is 10.9 Å². The zero-order chi connectivity index (χ0) is 13.9. The lowest BCUT2D eigenvalue weighted by Crippen LogP contribution is -2.43. The van der Waals surface area contributed by atoms with E-state index in [2.05, 4.69) is 15.2 Å². The summed E-state index contributed by atoms with van der Waals surface area (Å²) < 4.78 is 13.7. The van der Waals surface area contributed by atoms with E-state index < -0.39 is 0 Å². The first kappa shape index (κ1) is 13.6. The standard InChI is InChI=1S/C16H22FN3/c1-12-13(5-3-9-20-10-7-18-8-11-20)14-4-2-6-15(17)16(14)19-12/h2,4,6,18-19H,3,5,7-11H2,1H3. The third kappa shape index (κ3) is 2.72. The molecule has 1 saturated heterocycles. The van der Waals surface area contributed by atoms with Crippen LogP contribution in [0, 0.1) is 12.7 Å². The quantitative estimate of drug-likeness (QED) is 0.898. The summed E-state index contributed by atoms with van der Waals surface area (Å²) in [5, 5.41) is 4.41. The summed E-state index contributed by atoms with van der Waals surface area (Å²) in [6, 6.07) is 5.33. The minimum atomic E-state index is -0.154. The first-order valence-corrected chi connectivity index (χ1v) is 7.44. The van der Waals surface area contributed by atoms with Crippen molar-refractivity contribution in [1.82, 2.24) is 15.2 Å². The Morgan fingerprint density at radius 3 is 2.85 bits per heavy atom. The summed E-state index contributed by atoms with van der Waals surface area (Å²) in [5.74, 6) is -0.154. The van der Waals surface area contributed by atoms with Crippen molar-refractivity contribution in [1.29, 1.82) is 0 Å². The molecule has 108 valence electrons. The number of piperazine rings is 1. The van der Waals surface area contributed by atoms with Gasteiger partial charge in [-0.15, -0.1) is 0 Å². The molecule has 3 rings (SSSR count). The van der Waals surface area contributed by atoms with Crippen LogP contribution in [-0.2, 0) is 6.42 Å². The number of H-pyrrole nitrogens is 1. The van der Waals surface area contributed by atoms with E-state index in [1.165, 1.54) is 11.6 Å². The van der Waals surface area contributed by atoms with Gasteiger partial charge in [0.1, 0.15) is 5.82 Å². The maximum Gasteiger partial charge on any atom is 0.147 e. The fourth-order valence-electron chi connectivity index (χ4n) is 3.10. The van der Waals surface area contributed by atoms with Crippen molar-refractivity contribution in [2.75, 3.05) is 32.7 Å². The van der Waals surface area contributed by atoms with Crippen LogP contribution >= 0.6 is 0 Å². The highest BCUT2D eigenvalue weighted by Gasteiger charge is 2.13. The van der Waals surface area contributed by atoms with Crippen LogP contribution in [0.15, 0.2) is 18.2 Å². The first-order chi connectivity index (χ1) is 9.75. The highest BCUT2D eigenvalue weighted by Crippen LogP contribution is 2.25. The normalized spacial score (nSPS) is 16.9. The predicted molar refractivity (Wildman–Crippen MR) is 80.6 cm³/mol. The number of aryl methyl sites for hydroxylation is 2. The Morgan fingerprint density at radius 1 is 1.25 bits per heavy atom. The van der Waals surface area contributed by atoms with Crippen LogP contribution in [0.4, 0.5) is 4.39 Å². The van der Waals surface area contributed by atoms with Crippen molar-refractivity contribution in [3.8, 4) is 0 Å². The second kappa shape index (κ2) is 5.94. The monoisotopic (exact) mass is 275 g/mol. The Hall–Kier alpha value is -1.39. The van der Waals surface area contributed by atoms with Gasteiger partial charge in [0, 0.05) is 37.3 Å². The number of rotatable bonds is 4. The van der Waals surface area contributed by atoms with Crippen LogP contribution in [-0.4, -0.2) is 42.6 Å². The van der Waals surface area contributed by atoms with Gasteiger partial charge < -0.3 is 15.2 Å². The zero-order valence-corrected chi connectivity index (χ0v) is 12.0. The molecule has 0 saturated carbocycles. The van der Waals surface area contributed by atoms with Crippen molar-refractivity contribution in [2.45, 2.75) is 19.8 Å². The van der Waals surface area contributed by atoms with Crippen molar-refractivity contribution in [2.24, 2.45) is 0 Å². The van der Waals surface area contributed by atoms with Gasteiger partial charge in [0.05, 0.1) is 5.52 Å². The first-order valence-electron chi connectivity index (χ1n) is 7.44. The Morgan fingerprint density at radius 2 is 2.05 bits per heavy atom. The summed E-state index contributed by atoms with van der Waals surface area (Å²) >= 11 is 0. The molecule has 4 heteroatoms. The van der Waals surface area contributed by atoms with Crippen LogP contribution in [0.1, 0.15) is 17.7 Å². The maximum atomic E-state index is 13.7. The zero-order valence-electron chi connectivity index (χ0n) is 12.0. The Kier molecular flexibility index (Phi) is 4.03. The van der Waals surface area contributed by atoms with E-state index in [0.29, 0.717) is 5.52 Å². The number of hydrogen-bond donors (Lipinski definition) is 2. The molecule has 0 bridgehead atoms. The third-order valence-electron chi connectivity index (χ3n) is 4.21. The van der Waals surface area contributed by atoms with E-state index in [1.54, 1.807) is 6.07 Å². The number of fused-ring (bicyclic) bond motifs is 1. The summed E-state index contributed by atoms with van der Waals surface area (Å²) in [7, 11) is 0.